The lowest BCUT2D eigenvalue weighted by atomic mass is 10.2. The maximum atomic E-state index is 5.83. The van der Waals surface area contributed by atoms with Crippen molar-refractivity contribution in [3.05, 3.63) is 54.4 Å². The van der Waals surface area contributed by atoms with Gasteiger partial charge in [-0.1, -0.05) is 25.1 Å². The minimum atomic E-state index is 0.770. The fraction of sp³-hybridized carbons (Fsp3) is 0.214. The molecule has 88 valence electrons. The second-order valence-electron chi connectivity index (χ2n) is 3.68. The molecule has 0 unspecified atom stereocenters. The van der Waals surface area contributed by atoms with Crippen LogP contribution in [0.2, 0.25) is 0 Å². The Hall–Kier alpha value is -1.87. The Labute approximate surface area is 101 Å². The molecule has 0 spiro atoms. The predicted octanol–water partition coefficient (Wildman–Crippen LogP) is 2.98. The van der Waals surface area contributed by atoms with E-state index in [9.17, 15) is 0 Å². The largest absolute Gasteiger partial charge is 0.457 e. The van der Waals surface area contributed by atoms with Crippen LogP contribution in [-0.4, -0.2) is 11.5 Å². The number of nitrogens with one attached hydrogen (secondary N) is 1. The van der Waals surface area contributed by atoms with E-state index in [1.807, 2.05) is 42.6 Å². The molecule has 0 bridgehead atoms. The lowest BCUT2D eigenvalue weighted by Crippen LogP contribution is -2.12. The number of benzene rings is 1. The molecule has 0 amide bonds. The number of hydrogen-bond donors (Lipinski definition) is 1. The summed E-state index contributed by atoms with van der Waals surface area (Å²) in [6, 6.07) is 11.7. The van der Waals surface area contributed by atoms with Crippen LogP contribution >= 0.6 is 0 Å². The third kappa shape index (κ3) is 3.29. The van der Waals surface area contributed by atoms with Crippen LogP contribution in [0.15, 0.2) is 48.8 Å². The first kappa shape index (κ1) is 11.6. The zero-order valence-electron chi connectivity index (χ0n) is 9.89. The maximum absolute atomic E-state index is 5.83. The third-order valence-corrected chi connectivity index (χ3v) is 2.40. The van der Waals surface area contributed by atoms with E-state index in [2.05, 4.69) is 17.2 Å². The first-order chi connectivity index (χ1) is 8.40. The number of pyridine rings is 1. The van der Waals surface area contributed by atoms with Gasteiger partial charge in [-0.2, -0.15) is 0 Å². The van der Waals surface area contributed by atoms with Crippen molar-refractivity contribution in [2.75, 3.05) is 6.54 Å². The lowest BCUT2D eigenvalue weighted by molar-refractivity contribution is 0.472. The standard InChI is InChI=1S/C14H16N2O/c1-2-15-10-12-11-16-9-8-14(12)17-13-6-4-3-5-7-13/h3-9,11,15H,2,10H2,1H3. The molecule has 0 saturated carbocycles. The average Bonchev–Trinajstić information content (AvgIpc) is 2.39. The fourth-order valence-electron chi connectivity index (χ4n) is 1.52. The molecular formula is C14H16N2O. The normalized spacial score (nSPS) is 10.2. The van der Waals surface area contributed by atoms with Gasteiger partial charge in [-0.25, -0.2) is 0 Å². The Balaban J connectivity index is 2.15. The molecule has 0 radical (unpaired) electrons. The van der Waals surface area contributed by atoms with Gasteiger partial charge in [0.1, 0.15) is 11.5 Å². The quantitative estimate of drug-likeness (QED) is 0.854. The molecule has 0 saturated heterocycles. The number of rotatable bonds is 5. The molecule has 1 aromatic carbocycles. The Morgan fingerprint density at radius 1 is 1.18 bits per heavy atom. The Morgan fingerprint density at radius 3 is 2.76 bits per heavy atom. The molecule has 0 aliphatic rings. The first-order valence-corrected chi connectivity index (χ1v) is 5.76. The van der Waals surface area contributed by atoms with Gasteiger partial charge in [0.2, 0.25) is 0 Å². The second-order valence-corrected chi connectivity index (χ2v) is 3.68. The third-order valence-electron chi connectivity index (χ3n) is 2.40. The molecule has 0 aliphatic carbocycles. The van der Waals surface area contributed by atoms with Crippen molar-refractivity contribution >= 4 is 0 Å². The summed E-state index contributed by atoms with van der Waals surface area (Å²) in [5.74, 6) is 1.70. The van der Waals surface area contributed by atoms with Crippen LogP contribution in [0, 0.1) is 0 Å². The Morgan fingerprint density at radius 2 is 2.00 bits per heavy atom. The van der Waals surface area contributed by atoms with Crippen LogP contribution in [0.1, 0.15) is 12.5 Å². The fourth-order valence-corrected chi connectivity index (χ4v) is 1.52. The van der Waals surface area contributed by atoms with E-state index >= 15 is 0 Å². The van der Waals surface area contributed by atoms with Crippen molar-refractivity contribution < 1.29 is 4.74 Å². The van der Waals surface area contributed by atoms with Crippen LogP contribution in [0.25, 0.3) is 0 Å². The zero-order valence-corrected chi connectivity index (χ0v) is 9.89. The summed E-state index contributed by atoms with van der Waals surface area (Å²) in [4.78, 5) is 4.12. The van der Waals surface area contributed by atoms with Crippen molar-refractivity contribution in [3.63, 3.8) is 0 Å². The molecule has 2 aromatic rings. The molecular weight excluding hydrogens is 212 g/mol. The summed E-state index contributed by atoms with van der Waals surface area (Å²) < 4.78 is 5.83. The lowest BCUT2D eigenvalue weighted by Gasteiger charge is -2.10. The van der Waals surface area contributed by atoms with Crippen LogP contribution in [0.3, 0.4) is 0 Å². The van der Waals surface area contributed by atoms with Gasteiger partial charge in [0.15, 0.2) is 0 Å². The summed E-state index contributed by atoms with van der Waals surface area (Å²) in [7, 11) is 0. The van der Waals surface area contributed by atoms with Gasteiger partial charge in [-0.15, -0.1) is 0 Å². The first-order valence-electron chi connectivity index (χ1n) is 5.76. The highest BCUT2D eigenvalue weighted by Crippen LogP contribution is 2.23. The van der Waals surface area contributed by atoms with Crippen molar-refractivity contribution in [2.45, 2.75) is 13.5 Å². The van der Waals surface area contributed by atoms with E-state index in [1.165, 1.54) is 0 Å². The Kier molecular flexibility index (Phi) is 4.11. The van der Waals surface area contributed by atoms with Crippen molar-refractivity contribution in [3.8, 4) is 11.5 Å². The van der Waals surface area contributed by atoms with Gasteiger partial charge in [-0.3, -0.25) is 4.98 Å². The van der Waals surface area contributed by atoms with Crippen molar-refractivity contribution in [2.24, 2.45) is 0 Å². The average molecular weight is 228 g/mol. The van der Waals surface area contributed by atoms with E-state index in [4.69, 9.17) is 4.74 Å². The number of ether oxygens (including phenoxy) is 1. The van der Waals surface area contributed by atoms with Crippen LogP contribution in [0.4, 0.5) is 0 Å². The maximum Gasteiger partial charge on any atom is 0.134 e. The summed E-state index contributed by atoms with van der Waals surface area (Å²) in [5.41, 5.74) is 1.07. The topological polar surface area (TPSA) is 34.2 Å². The summed E-state index contributed by atoms with van der Waals surface area (Å²) in [6.07, 6.45) is 3.58. The molecule has 3 heteroatoms. The van der Waals surface area contributed by atoms with Gasteiger partial charge in [0, 0.05) is 24.5 Å². The predicted molar refractivity (Wildman–Crippen MR) is 68.1 cm³/mol. The molecule has 0 fully saturated rings. The van der Waals surface area contributed by atoms with E-state index in [1.54, 1.807) is 6.20 Å². The highest BCUT2D eigenvalue weighted by Gasteiger charge is 2.03. The molecule has 0 atom stereocenters. The summed E-state index contributed by atoms with van der Waals surface area (Å²) >= 11 is 0. The number of aromatic nitrogens is 1. The number of nitrogens with zero attached hydrogens (tertiary/aromatic N) is 1. The molecule has 3 nitrogen and oxygen atoms in total. The molecule has 1 heterocycles. The summed E-state index contributed by atoms with van der Waals surface area (Å²) in [5, 5.41) is 3.27. The minimum Gasteiger partial charge on any atom is -0.457 e. The second kappa shape index (κ2) is 6.01. The van der Waals surface area contributed by atoms with Crippen LogP contribution in [0.5, 0.6) is 11.5 Å². The molecule has 0 aliphatic heterocycles. The van der Waals surface area contributed by atoms with Crippen molar-refractivity contribution in [1.29, 1.82) is 0 Å². The zero-order chi connectivity index (χ0) is 11.9. The van der Waals surface area contributed by atoms with E-state index in [0.29, 0.717) is 0 Å². The van der Waals surface area contributed by atoms with Gasteiger partial charge in [0.25, 0.3) is 0 Å². The highest BCUT2D eigenvalue weighted by atomic mass is 16.5. The molecule has 17 heavy (non-hydrogen) atoms. The van der Waals surface area contributed by atoms with E-state index < -0.39 is 0 Å². The molecule has 1 aromatic heterocycles. The van der Waals surface area contributed by atoms with Gasteiger partial charge in [0.05, 0.1) is 0 Å². The van der Waals surface area contributed by atoms with Gasteiger partial charge >= 0.3 is 0 Å². The molecule has 2 rings (SSSR count). The van der Waals surface area contributed by atoms with Crippen LogP contribution in [-0.2, 0) is 6.54 Å². The Bertz CT molecular complexity index is 457. The van der Waals surface area contributed by atoms with E-state index in [0.717, 1.165) is 30.2 Å². The molecule has 1 N–H and O–H groups in total. The van der Waals surface area contributed by atoms with Crippen molar-refractivity contribution in [1.82, 2.24) is 10.3 Å². The summed E-state index contributed by atoms with van der Waals surface area (Å²) in [6.45, 7) is 3.78. The van der Waals surface area contributed by atoms with Gasteiger partial charge in [-0.05, 0) is 24.7 Å². The van der Waals surface area contributed by atoms with Gasteiger partial charge < -0.3 is 10.1 Å². The SMILES string of the molecule is CCNCc1cnccc1Oc1ccccc1. The minimum absolute atomic E-state index is 0.770. The van der Waals surface area contributed by atoms with E-state index in [-0.39, 0.29) is 0 Å². The smallest absolute Gasteiger partial charge is 0.134 e. The monoisotopic (exact) mass is 228 g/mol. The number of para-hydroxylation sites is 1. The highest BCUT2D eigenvalue weighted by molar-refractivity contribution is 5.35. The number of hydrogen-bond acceptors (Lipinski definition) is 3. The van der Waals surface area contributed by atoms with Crippen LogP contribution < -0.4 is 10.1 Å².